The Morgan fingerprint density at radius 2 is 1.73 bits per heavy atom. The maximum absolute atomic E-state index is 12.7. The maximum atomic E-state index is 12.7. The number of methoxy groups -OCH3 is 2. The van der Waals surface area contributed by atoms with Gasteiger partial charge in [-0.25, -0.2) is 0 Å². The van der Waals surface area contributed by atoms with Gasteiger partial charge in [-0.05, 0) is 23.8 Å². The van der Waals surface area contributed by atoms with E-state index in [2.05, 4.69) is 0 Å². The Labute approximate surface area is 150 Å². The number of carbonyl (C=O) groups excluding carboxylic acids is 1. The summed E-state index contributed by atoms with van der Waals surface area (Å²) in [5, 5.41) is 9.16. The average molecular weight is 360 g/mol. The largest absolute Gasteiger partial charge is 0.497 e. The molecule has 1 amide bonds. The van der Waals surface area contributed by atoms with Crippen LogP contribution in [0.25, 0.3) is 0 Å². The van der Waals surface area contributed by atoms with E-state index in [1.807, 2.05) is 0 Å². The Kier molecular flexibility index (Phi) is 6.00. The molecule has 1 aromatic carbocycles. The number of carbonyl (C=O) groups is 2. The molecule has 0 saturated heterocycles. The third kappa shape index (κ3) is 4.62. The number of rotatable bonds is 7. The molecule has 0 unspecified atom stereocenters. The maximum Gasteiger partial charge on any atom is 0.323 e. The fourth-order valence-electron chi connectivity index (χ4n) is 2.44. The van der Waals surface area contributed by atoms with Crippen LogP contribution in [0.1, 0.15) is 15.9 Å². The molecule has 0 radical (unpaired) electrons. The van der Waals surface area contributed by atoms with Crippen LogP contribution in [0.3, 0.4) is 0 Å². The van der Waals surface area contributed by atoms with Gasteiger partial charge in [-0.3, -0.25) is 14.4 Å². The van der Waals surface area contributed by atoms with Gasteiger partial charge in [-0.15, -0.1) is 0 Å². The molecule has 138 valence electrons. The number of ether oxygens (including phenoxy) is 2. The smallest absolute Gasteiger partial charge is 0.323 e. The van der Waals surface area contributed by atoms with Crippen molar-refractivity contribution in [3.05, 3.63) is 58.0 Å². The number of aryl methyl sites for hydroxylation is 1. The third-order valence-electron chi connectivity index (χ3n) is 3.73. The fraction of sp³-hybridized carbons (Fsp3) is 0.278. The van der Waals surface area contributed by atoms with Crippen LogP contribution in [0, 0.1) is 0 Å². The van der Waals surface area contributed by atoms with Crippen LogP contribution in [-0.2, 0) is 18.4 Å². The lowest BCUT2D eigenvalue weighted by atomic mass is 10.1. The average Bonchev–Trinajstić information content (AvgIpc) is 2.62. The zero-order valence-electron chi connectivity index (χ0n) is 14.8. The summed E-state index contributed by atoms with van der Waals surface area (Å²) >= 11 is 0. The lowest BCUT2D eigenvalue weighted by molar-refractivity contribution is -0.137. The lowest BCUT2D eigenvalue weighted by Gasteiger charge is -2.21. The van der Waals surface area contributed by atoms with Crippen molar-refractivity contribution in [3.8, 4) is 11.5 Å². The number of hydrogen-bond donors (Lipinski definition) is 1. The van der Waals surface area contributed by atoms with Crippen molar-refractivity contribution < 1.29 is 24.2 Å². The molecule has 0 aliphatic rings. The Bertz CT molecular complexity index is 852. The predicted molar refractivity (Wildman–Crippen MR) is 93.6 cm³/mol. The fourth-order valence-corrected chi connectivity index (χ4v) is 2.44. The second kappa shape index (κ2) is 8.19. The summed E-state index contributed by atoms with van der Waals surface area (Å²) in [6, 6.07) is 7.73. The van der Waals surface area contributed by atoms with Crippen molar-refractivity contribution in [2.24, 2.45) is 7.05 Å². The number of nitrogens with zero attached hydrogens (tertiary/aromatic N) is 2. The van der Waals surface area contributed by atoms with Crippen LogP contribution in [0.2, 0.25) is 0 Å². The van der Waals surface area contributed by atoms with Crippen molar-refractivity contribution in [2.45, 2.75) is 6.54 Å². The van der Waals surface area contributed by atoms with E-state index in [0.29, 0.717) is 17.1 Å². The highest BCUT2D eigenvalue weighted by Crippen LogP contribution is 2.23. The first kappa shape index (κ1) is 19.0. The van der Waals surface area contributed by atoms with E-state index in [-0.39, 0.29) is 17.7 Å². The van der Waals surface area contributed by atoms with E-state index >= 15 is 0 Å². The highest BCUT2D eigenvalue weighted by molar-refractivity contribution is 5.95. The molecular formula is C18H20N2O6. The minimum atomic E-state index is -1.14. The van der Waals surface area contributed by atoms with Crippen molar-refractivity contribution in [1.29, 1.82) is 0 Å². The molecule has 0 saturated carbocycles. The summed E-state index contributed by atoms with van der Waals surface area (Å²) in [6.45, 7) is -0.442. The zero-order valence-corrected chi connectivity index (χ0v) is 14.8. The Morgan fingerprint density at radius 1 is 1.12 bits per heavy atom. The van der Waals surface area contributed by atoms with E-state index in [4.69, 9.17) is 14.6 Å². The number of aromatic nitrogens is 1. The number of aliphatic carboxylic acids is 1. The molecule has 0 fully saturated rings. The van der Waals surface area contributed by atoms with Crippen LogP contribution in [-0.4, -0.2) is 47.2 Å². The van der Waals surface area contributed by atoms with Gasteiger partial charge in [-0.2, -0.15) is 0 Å². The van der Waals surface area contributed by atoms with Crippen molar-refractivity contribution in [2.75, 3.05) is 20.8 Å². The molecular weight excluding hydrogens is 340 g/mol. The molecule has 26 heavy (non-hydrogen) atoms. The number of hydrogen-bond acceptors (Lipinski definition) is 5. The Hall–Kier alpha value is -3.29. The molecule has 1 heterocycles. The van der Waals surface area contributed by atoms with Gasteiger partial charge < -0.3 is 24.0 Å². The third-order valence-corrected chi connectivity index (χ3v) is 3.73. The molecule has 8 heteroatoms. The van der Waals surface area contributed by atoms with Crippen LogP contribution >= 0.6 is 0 Å². The lowest BCUT2D eigenvalue weighted by Crippen LogP contribution is -2.35. The van der Waals surface area contributed by atoms with Gasteiger partial charge in [0.1, 0.15) is 18.0 Å². The van der Waals surface area contributed by atoms with Gasteiger partial charge in [0.05, 0.1) is 19.8 Å². The monoisotopic (exact) mass is 360 g/mol. The molecule has 0 aliphatic heterocycles. The van der Waals surface area contributed by atoms with E-state index < -0.39 is 18.4 Å². The summed E-state index contributed by atoms with van der Waals surface area (Å²) in [5.74, 6) is -0.573. The summed E-state index contributed by atoms with van der Waals surface area (Å²) in [5.41, 5.74) is 0.618. The van der Waals surface area contributed by atoms with Crippen molar-refractivity contribution in [1.82, 2.24) is 9.47 Å². The number of carboxylic acid groups (broad SMARTS) is 1. The first-order valence-electron chi connectivity index (χ1n) is 7.73. The molecule has 0 aliphatic carbocycles. The number of pyridine rings is 1. The minimum absolute atomic E-state index is 0.0432. The van der Waals surface area contributed by atoms with E-state index in [1.165, 1.54) is 49.1 Å². The molecule has 0 bridgehead atoms. The second-order valence-electron chi connectivity index (χ2n) is 5.64. The normalized spacial score (nSPS) is 10.3. The minimum Gasteiger partial charge on any atom is -0.497 e. The van der Waals surface area contributed by atoms with E-state index in [0.717, 1.165) is 0 Å². The highest BCUT2D eigenvalue weighted by atomic mass is 16.5. The first-order valence-corrected chi connectivity index (χ1v) is 7.73. The molecule has 0 atom stereocenters. The van der Waals surface area contributed by atoms with Crippen LogP contribution in [0.4, 0.5) is 0 Å². The Balaban J connectivity index is 2.35. The summed E-state index contributed by atoms with van der Waals surface area (Å²) in [4.78, 5) is 36.6. The van der Waals surface area contributed by atoms with E-state index in [1.54, 1.807) is 18.2 Å². The van der Waals surface area contributed by atoms with Gasteiger partial charge in [-0.1, -0.05) is 0 Å². The topological polar surface area (TPSA) is 98.1 Å². The highest BCUT2D eigenvalue weighted by Gasteiger charge is 2.20. The summed E-state index contributed by atoms with van der Waals surface area (Å²) < 4.78 is 11.7. The van der Waals surface area contributed by atoms with E-state index in [9.17, 15) is 14.4 Å². The number of benzene rings is 1. The standard InChI is InChI=1S/C18H20N2O6/c1-19-10-13(4-5-16(19)21)18(24)20(11-17(22)23)9-12-6-14(25-2)8-15(7-12)26-3/h4-8,10H,9,11H2,1-3H3,(H,22,23). The van der Waals surface area contributed by atoms with Crippen molar-refractivity contribution >= 4 is 11.9 Å². The van der Waals surface area contributed by atoms with Crippen LogP contribution in [0.5, 0.6) is 11.5 Å². The number of carboxylic acids is 1. The molecule has 2 rings (SSSR count). The van der Waals surface area contributed by atoms with Gasteiger partial charge in [0.15, 0.2) is 0 Å². The summed E-state index contributed by atoms with van der Waals surface area (Å²) in [7, 11) is 4.53. The van der Waals surface area contributed by atoms with Gasteiger partial charge in [0.25, 0.3) is 5.91 Å². The van der Waals surface area contributed by atoms with Crippen LogP contribution < -0.4 is 15.0 Å². The quantitative estimate of drug-likeness (QED) is 0.795. The summed E-state index contributed by atoms with van der Waals surface area (Å²) in [6.07, 6.45) is 1.38. The van der Waals surface area contributed by atoms with Gasteiger partial charge in [0.2, 0.25) is 5.56 Å². The SMILES string of the molecule is COc1cc(CN(CC(=O)O)C(=O)c2ccc(=O)n(C)c2)cc(OC)c1. The van der Waals surface area contributed by atoms with Crippen molar-refractivity contribution in [3.63, 3.8) is 0 Å². The molecule has 1 N–H and O–H groups in total. The van der Waals surface area contributed by atoms with Gasteiger partial charge in [0, 0.05) is 31.9 Å². The second-order valence-corrected chi connectivity index (χ2v) is 5.64. The Morgan fingerprint density at radius 3 is 2.23 bits per heavy atom. The predicted octanol–water partition coefficient (Wildman–Crippen LogP) is 1.13. The van der Waals surface area contributed by atoms with Crippen LogP contribution in [0.15, 0.2) is 41.3 Å². The zero-order chi connectivity index (χ0) is 19.3. The molecule has 1 aromatic heterocycles. The molecule has 2 aromatic rings. The first-order chi connectivity index (χ1) is 12.3. The number of amides is 1. The molecule has 0 spiro atoms. The van der Waals surface area contributed by atoms with Gasteiger partial charge >= 0.3 is 5.97 Å². The molecule has 8 nitrogen and oxygen atoms in total.